The Hall–Kier alpha value is -0.970. The summed E-state index contributed by atoms with van der Waals surface area (Å²) in [5.74, 6) is 0. The number of fused-ring (bicyclic) bond motifs is 1. The summed E-state index contributed by atoms with van der Waals surface area (Å²) >= 11 is 1.71. The summed E-state index contributed by atoms with van der Waals surface area (Å²) in [6, 6.07) is 8.19. The number of benzene rings is 1. The fourth-order valence-electron chi connectivity index (χ4n) is 2.74. The number of aromatic nitrogens is 1. The van der Waals surface area contributed by atoms with Crippen LogP contribution in [0.4, 0.5) is 0 Å². The molecule has 0 atom stereocenters. The van der Waals surface area contributed by atoms with Crippen LogP contribution in [0.2, 0.25) is 0 Å². The Bertz CT molecular complexity index is 525. The minimum atomic E-state index is -0.556. The van der Waals surface area contributed by atoms with Crippen LogP contribution in [0.3, 0.4) is 0 Å². The number of hydrogen-bond acceptors (Lipinski definition) is 4. The molecular weight excluding hydrogens is 256 g/mol. The molecule has 0 unspecified atom stereocenters. The molecule has 1 aromatic carbocycles. The number of aliphatic hydroxyl groups is 1. The molecule has 0 aliphatic carbocycles. The molecule has 1 aliphatic rings. The van der Waals surface area contributed by atoms with Gasteiger partial charge in [-0.15, -0.1) is 11.3 Å². The standard InChI is InChI=1S/C15H20N2OS/c1-2-17-9-7-15(18,8-10-17)11-14-16-12-5-3-4-6-13(12)19-14/h3-6,18H,2,7-11H2,1H3. The highest BCUT2D eigenvalue weighted by atomic mass is 32.1. The maximum Gasteiger partial charge on any atom is 0.0967 e. The summed E-state index contributed by atoms with van der Waals surface area (Å²) in [5.41, 5.74) is 0.497. The number of nitrogens with zero attached hydrogens (tertiary/aromatic N) is 2. The number of likely N-dealkylation sites (tertiary alicyclic amines) is 1. The van der Waals surface area contributed by atoms with Crippen molar-refractivity contribution in [2.75, 3.05) is 19.6 Å². The number of piperidine rings is 1. The topological polar surface area (TPSA) is 36.4 Å². The summed E-state index contributed by atoms with van der Waals surface area (Å²) in [6.45, 7) is 5.25. The van der Waals surface area contributed by atoms with Crippen LogP contribution in [0, 0.1) is 0 Å². The van der Waals surface area contributed by atoms with E-state index in [2.05, 4.69) is 22.9 Å². The van der Waals surface area contributed by atoms with Crippen LogP contribution < -0.4 is 0 Å². The monoisotopic (exact) mass is 276 g/mol. The quantitative estimate of drug-likeness (QED) is 0.936. The number of rotatable bonds is 3. The van der Waals surface area contributed by atoms with Gasteiger partial charge in [0.15, 0.2) is 0 Å². The van der Waals surface area contributed by atoms with E-state index in [9.17, 15) is 5.11 Å². The number of para-hydroxylation sites is 1. The van der Waals surface area contributed by atoms with Gasteiger partial charge in [0.05, 0.1) is 20.8 Å². The summed E-state index contributed by atoms with van der Waals surface area (Å²) in [4.78, 5) is 7.03. The zero-order valence-electron chi connectivity index (χ0n) is 11.3. The Labute approximate surface area is 117 Å². The molecule has 3 nitrogen and oxygen atoms in total. The SMILES string of the molecule is CCN1CCC(O)(Cc2nc3ccccc3s2)CC1. The van der Waals surface area contributed by atoms with Crippen LogP contribution in [0.25, 0.3) is 10.2 Å². The van der Waals surface area contributed by atoms with Gasteiger partial charge in [0.25, 0.3) is 0 Å². The Morgan fingerprint density at radius 3 is 2.74 bits per heavy atom. The normalized spacial score (nSPS) is 19.9. The van der Waals surface area contributed by atoms with Crippen molar-refractivity contribution in [2.24, 2.45) is 0 Å². The lowest BCUT2D eigenvalue weighted by Crippen LogP contribution is -2.45. The Kier molecular flexibility index (Phi) is 3.56. The molecule has 19 heavy (non-hydrogen) atoms. The van der Waals surface area contributed by atoms with E-state index in [1.165, 1.54) is 4.70 Å². The fourth-order valence-corrected chi connectivity index (χ4v) is 3.84. The molecule has 3 rings (SSSR count). The van der Waals surface area contributed by atoms with E-state index in [4.69, 9.17) is 0 Å². The highest BCUT2D eigenvalue weighted by Crippen LogP contribution is 2.30. The average Bonchev–Trinajstić information content (AvgIpc) is 2.81. The molecule has 2 heterocycles. The van der Waals surface area contributed by atoms with Crippen molar-refractivity contribution in [3.63, 3.8) is 0 Å². The van der Waals surface area contributed by atoms with E-state index in [0.29, 0.717) is 6.42 Å². The van der Waals surface area contributed by atoms with E-state index in [-0.39, 0.29) is 0 Å². The van der Waals surface area contributed by atoms with Crippen LogP contribution in [0.15, 0.2) is 24.3 Å². The summed E-state index contributed by atoms with van der Waals surface area (Å²) < 4.78 is 1.21. The summed E-state index contributed by atoms with van der Waals surface area (Å²) in [7, 11) is 0. The molecular formula is C15H20N2OS. The van der Waals surface area contributed by atoms with Gasteiger partial charge in [-0.05, 0) is 31.5 Å². The van der Waals surface area contributed by atoms with Crippen LogP contribution in [-0.4, -0.2) is 40.2 Å². The zero-order valence-corrected chi connectivity index (χ0v) is 12.1. The van der Waals surface area contributed by atoms with E-state index in [1.54, 1.807) is 11.3 Å². The highest BCUT2D eigenvalue weighted by molar-refractivity contribution is 7.18. The first-order valence-corrected chi connectivity index (χ1v) is 7.79. The van der Waals surface area contributed by atoms with Crippen molar-refractivity contribution in [1.29, 1.82) is 0 Å². The van der Waals surface area contributed by atoms with Gasteiger partial charge in [-0.25, -0.2) is 4.98 Å². The maximum absolute atomic E-state index is 10.7. The molecule has 4 heteroatoms. The van der Waals surface area contributed by atoms with E-state index in [1.807, 2.05) is 18.2 Å². The smallest absolute Gasteiger partial charge is 0.0967 e. The van der Waals surface area contributed by atoms with Gasteiger partial charge >= 0.3 is 0 Å². The molecule has 0 radical (unpaired) electrons. The van der Waals surface area contributed by atoms with E-state index < -0.39 is 5.60 Å². The molecule has 0 spiro atoms. The lowest BCUT2D eigenvalue weighted by Gasteiger charge is -2.37. The first-order chi connectivity index (χ1) is 9.18. The van der Waals surface area contributed by atoms with Crippen molar-refractivity contribution < 1.29 is 5.11 Å². The molecule has 0 saturated carbocycles. The van der Waals surface area contributed by atoms with E-state index >= 15 is 0 Å². The van der Waals surface area contributed by atoms with Gasteiger partial charge in [0.2, 0.25) is 0 Å². The maximum atomic E-state index is 10.7. The second kappa shape index (κ2) is 5.19. The molecule has 102 valence electrons. The minimum absolute atomic E-state index is 0.556. The third-order valence-electron chi connectivity index (χ3n) is 4.05. The Balaban J connectivity index is 1.73. The lowest BCUT2D eigenvalue weighted by molar-refractivity contribution is -0.0194. The van der Waals surface area contributed by atoms with Gasteiger partial charge in [-0.1, -0.05) is 19.1 Å². The van der Waals surface area contributed by atoms with Crippen LogP contribution in [0.5, 0.6) is 0 Å². The number of hydrogen-bond donors (Lipinski definition) is 1. The molecule has 1 aliphatic heterocycles. The second-order valence-corrected chi connectivity index (χ2v) is 6.53. The fraction of sp³-hybridized carbons (Fsp3) is 0.533. The summed E-state index contributed by atoms with van der Waals surface area (Å²) in [6.07, 6.45) is 2.41. The molecule has 0 bridgehead atoms. The minimum Gasteiger partial charge on any atom is -0.389 e. The van der Waals surface area contributed by atoms with Crippen molar-refractivity contribution in [3.8, 4) is 0 Å². The van der Waals surface area contributed by atoms with Crippen LogP contribution in [0.1, 0.15) is 24.8 Å². The van der Waals surface area contributed by atoms with Gasteiger partial charge in [-0.3, -0.25) is 0 Å². The Morgan fingerprint density at radius 2 is 2.05 bits per heavy atom. The third kappa shape index (κ3) is 2.81. The predicted molar refractivity (Wildman–Crippen MR) is 79.6 cm³/mol. The molecule has 0 amide bonds. The highest BCUT2D eigenvalue weighted by Gasteiger charge is 2.32. The van der Waals surface area contributed by atoms with Crippen molar-refractivity contribution in [3.05, 3.63) is 29.3 Å². The largest absolute Gasteiger partial charge is 0.389 e. The predicted octanol–water partition coefficient (Wildman–Crippen LogP) is 2.69. The van der Waals surface area contributed by atoms with Crippen LogP contribution >= 0.6 is 11.3 Å². The van der Waals surface area contributed by atoms with Crippen molar-refractivity contribution in [1.82, 2.24) is 9.88 Å². The first kappa shape index (κ1) is 13.0. The average molecular weight is 276 g/mol. The summed E-state index contributed by atoms with van der Waals surface area (Å²) in [5, 5.41) is 11.8. The second-order valence-electron chi connectivity index (χ2n) is 5.41. The lowest BCUT2D eigenvalue weighted by atomic mass is 9.88. The van der Waals surface area contributed by atoms with Gasteiger partial charge < -0.3 is 10.0 Å². The van der Waals surface area contributed by atoms with Gasteiger partial charge in [0.1, 0.15) is 0 Å². The molecule has 2 aromatic rings. The van der Waals surface area contributed by atoms with Gasteiger partial charge in [-0.2, -0.15) is 0 Å². The van der Waals surface area contributed by atoms with Crippen molar-refractivity contribution >= 4 is 21.6 Å². The first-order valence-electron chi connectivity index (χ1n) is 6.98. The van der Waals surface area contributed by atoms with Gasteiger partial charge in [0, 0.05) is 19.5 Å². The molecule has 1 fully saturated rings. The molecule has 1 saturated heterocycles. The van der Waals surface area contributed by atoms with Crippen molar-refractivity contribution in [2.45, 2.75) is 31.8 Å². The Morgan fingerprint density at radius 1 is 1.32 bits per heavy atom. The molecule has 1 aromatic heterocycles. The molecule has 1 N–H and O–H groups in total. The number of thiazole rings is 1. The van der Waals surface area contributed by atoms with Crippen LogP contribution in [-0.2, 0) is 6.42 Å². The van der Waals surface area contributed by atoms with E-state index in [0.717, 1.165) is 43.0 Å². The third-order valence-corrected chi connectivity index (χ3v) is 5.09. The zero-order chi connectivity index (χ0) is 13.3.